The standard InChI is InChI=1S/C14H16O2/c1-11-7-5-6-10-13(11)16-14(15)12-8-3-2-4-9-12/h2-3,5-7,10,12H,4,8-9H2,1H3. The van der Waals surface area contributed by atoms with Crippen molar-refractivity contribution in [1.82, 2.24) is 0 Å². The minimum absolute atomic E-state index is 0.0320. The van der Waals surface area contributed by atoms with Crippen molar-refractivity contribution in [2.45, 2.75) is 26.2 Å². The van der Waals surface area contributed by atoms with Crippen molar-refractivity contribution in [1.29, 1.82) is 0 Å². The molecule has 0 N–H and O–H groups in total. The van der Waals surface area contributed by atoms with Crippen molar-refractivity contribution in [2.24, 2.45) is 5.92 Å². The molecule has 2 nitrogen and oxygen atoms in total. The highest BCUT2D eigenvalue weighted by atomic mass is 16.5. The average molecular weight is 216 g/mol. The summed E-state index contributed by atoms with van der Waals surface area (Å²) in [4.78, 5) is 11.9. The number of aryl methyl sites for hydroxylation is 1. The van der Waals surface area contributed by atoms with E-state index >= 15 is 0 Å². The third-order valence-electron chi connectivity index (χ3n) is 2.91. The monoisotopic (exact) mass is 216 g/mol. The van der Waals surface area contributed by atoms with E-state index in [1.54, 1.807) is 0 Å². The fourth-order valence-corrected chi connectivity index (χ4v) is 1.87. The Morgan fingerprint density at radius 3 is 2.81 bits per heavy atom. The molecule has 1 unspecified atom stereocenters. The quantitative estimate of drug-likeness (QED) is 0.431. The largest absolute Gasteiger partial charge is 0.426 e. The van der Waals surface area contributed by atoms with Gasteiger partial charge in [-0.1, -0.05) is 30.4 Å². The number of carbonyl (C=O) groups excluding carboxylic acids is 1. The maximum Gasteiger partial charge on any atom is 0.314 e. The summed E-state index contributed by atoms with van der Waals surface area (Å²) in [5.41, 5.74) is 1.00. The van der Waals surface area contributed by atoms with Gasteiger partial charge in [0.05, 0.1) is 5.92 Å². The third kappa shape index (κ3) is 2.51. The molecule has 2 rings (SSSR count). The molecule has 16 heavy (non-hydrogen) atoms. The van der Waals surface area contributed by atoms with Gasteiger partial charge in [-0.15, -0.1) is 0 Å². The fourth-order valence-electron chi connectivity index (χ4n) is 1.87. The van der Waals surface area contributed by atoms with Crippen LogP contribution in [0.4, 0.5) is 0 Å². The smallest absolute Gasteiger partial charge is 0.314 e. The van der Waals surface area contributed by atoms with Crippen LogP contribution in [0.2, 0.25) is 0 Å². The van der Waals surface area contributed by atoms with E-state index in [-0.39, 0.29) is 11.9 Å². The number of esters is 1. The Kier molecular flexibility index (Phi) is 3.40. The Labute approximate surface area is 95.9 Å². The lowest BCUT2D eigenvalue weighted by Crippen LogP contribution is -2.21. The molecule has 84 valence electrons. The fraction of sp³-hybridized carbons (Fsp3) is 0.357. The highest BCUT2D eigenvalue weighted by Crippen LogP contribution is 2.23. The molecule has 0 heterocycles. The summed E-state index contributed by atoms with van der Waals surface area (Å²) in [6, 6.07) is 7.61. The van der Waals surface area contributed by atoms with Crippen LogP contribution in [0.1, 0.15) is 24.8 Å². The summed E-state index contributed by atoms with van der Waals surface area (Å²) in [6.45, 7) is 1.95. The molecule has 0 amide bonds. The van der Waals surface area contributed by atoms with Crippen LogP contribution in [0.15, 0.2) is 36.4 Å². The summed E-state index contributed by atoms with van der Waals surface area (Å²) in [7, 11) is 0. The highest BCUT2D eigenvalue weighted by Gasteiger charge is 2.21. The molecule has 1 atom stereocenters. The molecular weight excluding hydrogens is 200 g/mol. The van der Waals surface area contributed by atoms with E-state index in [9.17, 15) is 4.79 Å². The predicted molar refractivity (Wildman–Crippen MR) is 63.3 cm³/mol. The zero-order chi connectivity index (χ0) is 11.4. The van der Waals surface area contributed by atoms with Gasteiger partial charge in [0.15, 0.2) is 0 Å². The van der Waals surface area contributed by atoms with Crippen LogP contribution in [-0.2, 0) is 4.79 Å². The molecule has 1 aliphatic carbocycles. The summed E-state index contributed by atoms with van der Waals surface area (Å²) in [6.07, 6.45) is 6.88. The summed E-state index contributed by atoms with van der Waals surface area (Å²) >= 11 is 0. The van der Waals surface area contributed by atoms with Crippen LogP contribution < -0.4 is 4.74 Å². The van der Waals surface area contributed by atoms with E-state index in [1.165, 1.54) is 0 Å². The van der Waals surface area contributed by atoms with Crippen LogP contribution in [0.5, 0.6) is 5.75 Å². The van der Waals surface area contributed by atoms with E-state index < -0.39 is 0 Å². The second-order valence-electron chi connectivity index (χ2n) is 4.17. The van der Waals surface area contributed by atoms with Crippen LogP contribution in [0.3, 0.4) is 0 Å². The Hall–Kier alpha value is -1.57. The van der Waals surface area contributed by atoms with Crippen LogP contribution in [0.25, 0.3) is 0 Å². The summed E-state index contributed by atoms with van der Waals surface area (Å²) in [5, 5.41) is 0. The summed E-state index contributed by atoms with van der Waals surface area (Å²) < 4.78 is 5.41. The number of para-hydroxylation sites is 1. The van der Waals surface area contributed by atoms with Crippen molar-refractivity contribution in [3.8, 4) is 5.75 Å². The minimum atomic E-state index is -0.0985. The molecule has 0 radical (unpaired) electrons. The maximum atomic E-state index is 11.9. The normalized spacial score (nSPS) is 19.4. The van der Waals surface area contributed by atoms with Crippen LogP contribution in [-0.4, -0.2) is 5.97 Å². The number of carbonyl (C=O) groups is 1. The van der Waals surface area contributed by atoms with Crippen molar-refractivity contribution >= 4 is 5.97 Å². The van der Waals surface area contributed by atoms with E-state index in [0.29, 0.717) is 5.75 Å². The van der Waals surface area contributed by atoms with Crippen molar-refractivity contribution in [3.63, 3.8) is 0 Å². The molecule has 0 saturated carbocycles. The van der Waals surface area contributed by atoms with Gasteiger partial charge in [0.25, 0.3) is 0 Å². The van der Waals surface area contributed by atoms with Gasteiger partial charge < -0.3 is 4.74 Å². The number of hydrogen-bond donors (Lipinski definition) is 0. The zero-order valence-corrected chi connectivity index (χ0v) is 9.48. The van der Waals surface area contributed by atoms with E-state index in [1.807, 2.05) is 31.2 Å². The maximum absolute atomic E-state index is 11.9. The Bertz CT molecular complexity index is 407. The SMILES string of the molecule is Cc1ccccc1OC(=O)C1CC=CCC1. The number of ether oxygens (including phenoxy) is 1. The minimum Gasteiger partial charge on any atom is -0.426 e. The van der Waals surface area contributed by atoms with Crippen molar-refractivity contribution in [2.75, 3.05) is 0 Å². The first-order valence-corrected chi connectivity index (χ1v) is 5.69. The van der Waals surface area contributed by atoms with E-state index in [0.717, 1.165) is 24.8 Å². The predicted octanol–water partition coefficient (Wildman–Crippen LogP) is 3.26. The molecule has 1 aromatic rings. The van der Waals surface area contributed by atoms with Gasteiger partial charge in [0, 0.05) is 0 Å². The molecule has 2 heteroatoms. The van der Waals surface area contributed by atoms with Crippen molar-refractivity contribution < 1.29 is 9.53 Å². The van der Waals surface area contributed by atoms with Gasteiger partial charge >= 0.3 is 5.97 Å². The van der Waals surface area contributed by atoms with E-state index in [2.05, 4.69) is 12.2 Å². The molecular formula is C14H16O2. The van der Waals surface area contributed by atoms with Gasteiger partial charge in [0.1, 0.15) is 5.75 Å². The lowest BCUT2D eigenvalue weighted by Gasteiger charge is -2.16. The number of hydrogen-bond acceptors (Lipinski definition) is 2. The lowest BCUT2D eigenvalue weighted by atomic mass is 9.95. The lowest BCUT2D eigenvalue weighted by molar-refractivity contribution is -0.139. The number of benzene rings is 1. The average Bonchev–Trinajstić information content (AvgIpc) is 2.33. The Balaban J connectivity index is 2.02. The number of allylic oxidation sites excluding steroid dienone is 2. The first-order chi connectivity index (χ1) is 7.77. The molecule has 0 aliphatic heterocycles. The molecule has 0 fully saturated rings. The van der Waals surface area contributed by atoms with Gasteiger partial charge in [-0.25, -0.2) is 0 Å². The molecule has 0 spiro atoms. The Morgan fingerprint density at radius 2 is 2.12 bits per heavy atom. The van der Waals surface area contributed by atoms with Crippen LogP contribution in [0, 0.1) is 12.8 Å². The van der Waals surface area contributed by atoms with Gasteiger partial charge in [0.2, 0.25) is 0 Å². The van der Waals surface area contributed by atoms with Crippen LogP contribution >= 0.6 is 0 Å². The molecule has 1 aliphatic rings. The van der Waals surface area contributed by atoms with Gasteiger partial charge in [-0.05, 0) is 37.8 Å². The second kappa shape index (κ2) is 4.97. The highest BCUT2D eigenvalue weighted by molar-refractivity contribution is 5.75. The summed E-state index contributed by atoms with van der Waals surface area (Å²) in [5.74, 6) is 0.616. The van der Waals surface area contributed by atoms with Crippen molar-refractivity contribution in [3.05, 3.63) is 42.0 Å². The first kappa shape index (κ1) is 10.9. The molecule has 1 aromatic carbocycles. The molecule has 0 aromatic heterocycles. The van der Waals surface area contributed by atoms with E-state index in [4.69, 9.17) is 4.74 Å². The Morgan fingerprint density at radius 1 is 1.31 bits per heavy atom. The molecule has 0 saturated heterocycles. The van der Waals surface area contributed by atoms with Gasteiger partial charge in [-0.2, -0.15) is 0 Å². The number of rotatable bonds is 2. The van der Waals surface area contributed by atoms with Gasteiger partial charge in [-0.3, -0.25) is 4.79 Å². The first-order valence-electron chi connectivity index (χ1n) is 5.69. The zero-order valence-electron chi connectivity index (χ0n) is 9.48. The topological polar surface area (TPSA) is 26.3 Å². The molecule has 0 bridgehead atoms. The third-order valence-corrected chi connectivity index (χ3v) is 2.91. The second-order valence-corrected chi connectivity index (χ2v) is 4.17.